The first-order chi connectivity index (χ1) is 13.8. The maximum absolute atomic E-state index is 12.1. The predicted octanol–water partition coefficient (Wildman–Crippen LogP) is 3.02. The highest BCUT2D eigenvalue weighted by Gasteiger charge is 2.28. The molecule has 2 aromatic carbocycles. The van der Waals surface area contributed by atoms with Crippen molar-refractivity contribution >= 4 is 22.5 Å². The monoisotopic (exact) mass is 407 g/mol. The van der Waals surface area contributed by atoms with Crippen LogP contribution in [-0.2, 0) is 16.1 Å². The topological polar surface area (TPSA) is 93.3 Å². The number of para-hydroxylation sites is 1. The molecule has 0 radical (unpaired) electrons. The first-order valence-corrected chi connectivity index (χ1v) is 8.45. The number of rotatable bonds is 7. The van der Waals surface area contributed by atoms with Gasteiger partial charge in [0, 0.05) is 5.69 Å². The lowest BCUT2D eigenvalue weighted by Crippen LogP contribution is -2.20. The minimum Gasteiger partial charge on any atom is -0.484 e. The van der Waals surface area contributed by atoms with Crippen molar-refractivity contribution in [3.8, 4) is 5.75 Å². The van der Waals surface area contributed by atoms with E-state index in [1.165, 1.54) is 24.3 Å². The number of benzene rings is 2. The van der Waals surface area contributed by atoms with Crippen LogP contribution in [0.15, 0.2) is 53.3 Å². The second-order valence-electron chi connectivity index (χ2n) is 6.00. The van der Waals surface area contributed by atoms with E-state index >= 15 is 0 Å². The third kappa shape index (κ3) is 6.04. The lowest BCUT2D eigenvalue weighted by Gasteiger charge is -2.10. The number of aromatic nitrogens is 2. The van der Waals surface area contributed by atoms with E-state index in [1.807, 2.05) is 0 Å². The van der Waals surface area contributed by atoms with Crippen LogP contribution in [0.1, 0.15) is 5.82 Å². The average Bonchev–Trinajstić information content (AvgIpc) is 2.67. The lowest BCUT2D eigenvalue weighted by atomic mass is 10.2. The molecule has 0 atom stereocenters. The van der Waals surface area contributed by atoms with E-state index in [0.717, 1.165) is 0 Å². The maximum atomic E-state index is 12.1. The van der Waals surface area contributed by atoms with Gasteiger partial charge in [0.05, 0.1) is 10.9 Å². The SMILES string of the molecule is O=C(COCc1nc2ccccc2c(=O)[nH]1)Nc1ccc(OCC(F)(F)F)cc1. The Morgan fingerprint density at radius 3 is 2.55 bits per heavy atom. The molecule has 3 aromatic rings. The Kier molecular flexibility index (Phi) is 6.13. The standard InChI is InChI=1S/C19H16F3N3O4/c20-19(21,22)11-29-13-7-5-12(6-8-13)23-17(26)10-28-9-16-24-15-4-2-1-3-14(15)18(27)25-16/h1-8H,9-11H2,(H,23,26)(H,24,25,27). The highest BCUT2D eigenvalue weighted by molar-refractivity contribution is 5.91. The number of alkyl halides is 3. The summed E-state index contributed by atoms with van der Waals surface area (Å²) in [6, 6.07) is 12.3. The summed E-state index contributed by atoms with van der Waals surface area (Å²) in [4.78, 5) is 30.7. The number of halogens is 3. The van der Waals surface area contributed by atoms with Gasteiger partial charge in [0.15, 0.2) is 6.61 Å². The molecule has 0 aliphatic heterocycles. The molecule has 0 saturated heterocycles. The number of nitrogens with one attached hydrogen (secondary N) is 2. The van der Waals surface area contributed by atoms with Crippen molar-refractivity contribution in [1.82, 2.24) is 9.97 Å². The molecule has 0 unspecified atom stereocenters. The zero-order valence-electron chi connectivity index (χ0n) is 15.0. The molecule has 1 amide bonds. The summed E-state index contributed by atoms with van der Waals surface area (Å²) in [5, 5.41) is 2.99. The minimum absolute atomic E-state index is 0.0305. The average molecular weight is 407 g/mol. The van der Waals surface area contributed by atoms with Crippen molar-refractivity contribution in [1.29, 1.82) is 0 Å². The van der Waals surface area contributed by atoms with Crippen molar-refractivity contribution in [2.24, 2.45) is 0 Å². The van der Waals surface area contributed by atoms with Crippen molar-refractivity contribution in [2.45, 2.75) is 12.8 Å². The number of aromatic amines is 1. The normalized spacial score (nSPS) is 11.4. The number of nitrogens with zero attached hydrogens (tertiary/aromatic N) is 1. The van der Waals surface area contributed by atoms with Crippen molar-refractivity contribution in [3.05, 3.63) is 64.7 Å². The quantitative estimate of drug-likeness (QED) is 0.628. The molecule has 0 bridgehead atoms. The smallest absolute Gasteiger partial charge is 0.422 e. The van der Waals surface area contributed by atoms with Crippen LogP contribution in [0.2, 0.25) is 0 Å². The Labute approximate surface area is 162 Å². The molecule has 10 heteroatoms. The van der Waals surface area contributed by atoms with Gasteiger partial charge in [0.25, 0.3) is 5.56 Å². The van der Waals surface area contributed by atoms with Crippen molar-refractivity contribution in [2.75, 3.05) is 18.5 Å². The zero-order chi connectivity index (χ0) is 20.9. The largest absolute Gasteiger partial charge is 0.484 e. The molecular weight excluding hydrogens is 391 g/mol. The molecule has 1 aromatic heterocycles. The van der Waals surface area contributed by atoms with Gasteiger partial charge >= 0.3 is 6.18 Å². The van der Waals surface area contributed by atoms with Gasteiger partial charge in [-0.1, -0.05) is 12.1 Å². The van der Waals surface area contributed by atoms with Gasteiger partial charge in [-0.3, -0.25) is 9.59 Å². The number of amides is 1. The second-order valence-corrected chi connectivity index (χ2v) is 6.00. The molecule has 7 nitrogen and oxygen atoms in total. The van der Waals surface area contributed by atoms with Gasteiger partial charge in [0.2, 0.25) is 5.91 Å². The van der Waals surface area contributed by atoms with E-state index in [4.69, 9.17) is 4.74 Å². The lowest BCUT2D eigenvalue weighted by molar-refractivity contribution is -0.153. The zero-order valence-corrected chi connectivity index (χ0v) is 15.0. The molecule has 2 N–H and O–H groups in total. The van der Waals surface area contributed by atoms with E-state index in [9.17, 15) is 22.8 Å². The summed E-state index contributed by atoms with van der Waals surface area (Å²) >= 11 is 0. The fourth-order valence-corrected chi connectivity index (χ4v) is 2.44. The number of carbonyl (C=O) groups is 1. The Morgan fingerprint density at radius 1 is 1.10 bits per heavy atom. The van der Waals surface area contributed by atoms with Crippen LogP contribution in [0.25, 0.3) is 10.9 Å². The number of hydrogen-bond donors (Lipinski definition) is 2. The Balaban J connectivity index is 1.48. The van der Waals surface area contributed by atoms with Crippen molar-refractivity contribution < 1.29 is 27.4 Å². The Bertz CT molecular complexity index is 1050. The van der Waals surface area contributed by atoms with Crippen LogP contribution in [-0.4, -0.2) is 35.3 Å². The van der Waals surface area contributed by atoms with Crippen LogP contribution in [0.3, 0.4) is 0 Å². The number of ether oxygens (including phenoxy) is 2. The summed E-state index contributed by atoms with van der Waals surface area (Å²) in [6.07, 6.45) is -4.42. The molecule has 3 rings (SSSR count). The Hall–Kier alpha value is -3.40. The van der Waals surface area contributed by atoms with Gasteiger partial charge in [-0.25, -0.2) is 4.98 Å². The Morgan fingerprint density at radius 2 is 1.83 bits per heavy atom. The minimum atomic E-state index is -4.42. The third-order valence-electron chi connectivity index (χ3n) is 3.67. The molecule has 29 heavy (non-hydrogen) atoms. The highest BCUT2D eigenvalue weighted by Crippen LogP contribution is 2.20. The van der Waals surface area contributed by atoms with Gasteiger partial charge < -0.3 is 19.8 Å². The summed E-state index contributed by atoms with van der Waals surface area (Å²) in [5.74, 6) is -0.160. The summed E-state index contributed by atoms with van der Waals surface area (Å²) in [7, 11) is 0. The predicted molar refractivity (Wildman–Crippen MR) is 98.6 cm³/mol. The van der Waals surface area contributed by atoms with Gasteiger partial charge in [0.1, 0.15) is 24.8 Å². The molecular formula is C19H16F3N3O4. The number of anilines is 1. The molecule has 0 aliphatic rings. The fraction of sp³-hybridized carbons (Fsp3) is 0.211. The number of fused-ring (bicyclic) bond motifs is 1. The van der Waals surface area contributed by atoms with E-state index in [-0.39, 0.29) is 30.3 Å². The van der Waals surface area contributed by atoms with Gasteiger partial charge in [-0.05, 0) is 36.4 Å². The van der Waals surface area contributed by atoms with Crippen LogP contribution in [0.4, 0.5) is 18.9 Å². The molecule has 1 heterocycles. The maximum Gasteiger partial charge on any atom is 0.422 e. The van der Waals surface area contributed by atoms with E-state index in [2.05, 4.69) is 20.0 Å². The summed E-state index contributed by atoms with van der Waals surface area (Å²) in [5.41, 5.74) is 0.591. The molecule has 0 spiro atoms. The number of hydrogen-bond acceptors (Lipinski definition) is 5. The second kappa shape index (κ2) is 8.74. The highest BCUT2D eigenvalue weighted by atomic mass is 19.4. The first-order valence-electron chi connectivity index (χ1n) is 8.45. The van der Waals surface area contributed by atoms with Gasteiger partial charge in [-0.15, -0.1) is 0 Å². The van der Waals surface area contributed by atoms with E-state index in [1.54, 1.807) is 24.3 Å². The first kappa shape index (κ1) is 20.3. The molecule has 152 valence electrons. The number of H-pyrrole nitrogens is 1. The molecule has 0 saturated carbocycles. The molecule has 0 fully saturated rings. The molecule has 0 aliphatic carbocycles. The fourth-order valence-electron chi connectivity index (χ4n) is 2.44. The van der Waals surface area contributed by atoms with E-state index in [0.29, 0.717) is 16.6 Å². The number of carbonyl (C=O) groups excluding carboxylic acids is 1. The van der Waals surface area contributed by atoms with Crippen LogP contribution >= 0.6 is 0 Å². The van der Waals surface area contributed by atoms with Crippen LogP contribution in [0, 0.1) is 0 Å². The van der Waals surface area contributed by atoms with Crippen molar-refractivity contribution in [3.63, 3.8) is 0 Å². The third-order valence-corrected chi connectivity index (χ3v) is 3.67. The van der Waals surface area contributed by atoms with Crippen LogP contribution in [0.5, 0.6) is 5.75 Å². The van der Waals surface area contributed by atoms with Gasteiger partial charge in [-0.2, -0.15) is 13.2 Å². The summed E-state index contributed by atoms with van der Waals surface area (Å²) < 4.78 is 46.2. The summed E-state index contributed by atoms with van der Waals surface area (Å²) in [6.45, 7) is -1.77. The van der Waals surface area contributed by atoms with Crippen LogP contribution < -0.4 is 15.6 Å². The van der Waals surface area contributed by atoms with E-state index < -0.39 is 18.7 Å².